The zero-order valence-electron chi connectivity index (χ0n) is 10.8. The van der Waals surface area contributed by atoms with E-state index in [4.69, 9.17) is 5.73 Å². The Morgan fingerprint density at radius 3 is 2.55 bits per heavy atom. The monoisotopic (exact) mass is 280 g/mol. The zero-order valence-corrected chi connectivity index (χ0v) is 10.8. The van der Waals surface area contributed by atoms with Crippen LogP contribution >= 0.6 is 0 Å². The van der Waals surface area contributed by atoms with Crippen LogP contribution in [0.5, 0.6) is 0 Å². The van der Waals surface area contributed by atoms with Crippen molar-refractivity contribution in [3.8, 4) is 0 Å². The van der Waals surface area contributed by atoms with Crippen LogP contribution in [0.1, 0.15) is 32.1 Å². The zero-order chi connectivity index (χ0) is 14.8. The molecular weight excluding hydrogens is 264 g/mol. The fourth-order valence-corrected chi connectivity index (χ4v) is 2.48. The van der Waals surface area contributed by atoms with Crippen molar-refractivity contribution in [2.24, 2.45) is 0 Å². The first-order chi connectivity index (χ1) is 9.44. The van der Waals surface area contributed by atoms with Crippen molar-refractivity contribution in [3.63, 3.8) is 0 Å². The lowest BCUT2D eigenvalue weighted by Gasteiger charge is -2.34. The molecule has 0 unspecified atom stereocenters. The second-order valence-electron chi connectivity index (χ2n) is 4.93. The summed E-state index contributed by atoms with van der Waals surface area (Å²) in [4.78, 5) is 25.4. The van der Waals surface area contributed by atoms with E-state index < -0.39 is 16.4 Å². The lowest BCUT2D eigenvalue weighted by atomic mass is 9.81. The number of nitro groups is 1. The Hall–Kier alpha value is -2.38. The molecule has 1 fully saturated rings. The Morgan fingerprint density at radius 1 is 1.40 bits per heavy atom. The van der Waals surface area contributed by atoms with Crippen LogP contribution in [0.3, 0.4) is 0 Å². The Labute approximate surface area is 115 Å². The number of anilines is 2. The van der Waals surface area contributed by atoms with Gasteiger partial charge in [-0.3, -0.25) is 10.1 Å². The van der Waals surface area contributed by atoms with Crippen LogP contribution in [0.15, 0.2) is 12.1 Å². The van der Waals surface area contributed by atoms with Gasteiger partial charge in [-0.2, -0.15) is 0 Å². The second kappa shape index (κ2) is 5.32. The topological polar surface area (TPSA) is 131 Å². The summed E-state index contributed by atoms with van der Waals surface area (Å²) >= 11 is 0. The maximum absolute atomic E-state index is 11.5. The van der Waals surface area contributed by atoms with Crippen LogP contribution in [0, 0.1) is 10.1 Å². The molecule has 0 aliphatic heterocycles. The molecule has 4 N–H and O–H groups in total. The number of nitrogens with one attached hydrogen (secondary N) is 1. The number of hydrogen-bond donors (Lipinski definition) is 3. The molecule has 0 aromatic carbocycles. The number of rotatable bonds is 4. The number of aliphatic carboxylic acids is 1. The predicted octanol–water partition coefficient (Wildman–Crippen LogP) is 1.77. The third-order valence-electron chi connectivity index (χ3n) is 3.58. The largest absolute Gasteiger partial charge is 0.480 e. The lowest BCUT2D eigenvalue weighted by Crippen LogP contribution is -2.48. The van der Waals surface area contributed by atoms with Crippen LogP contribution in [0.25, 0.3) is 0 Å². The molecule has 0 amide bonds. The van der Waals surface area contributed by atoms with Gasteiger partial charge in [0.15, 0.2) is 0 Å². The smallest absolute Gasteiger partial charge is 0.329 e. The van der Waals surface area contributed by atoms with Crippen molar-refractivity contribution in [1.82, 2.24) is 4.98 Å². The van der Waals surface area contributed by atoms with Gasteiger partial charge >= 0.3 is 11.7 Å². The Kier molecular flexibility index (Phi) is 3.73. The van der Waals surface area contributed by atoms with Crippen molar-refractivity contribution in [2.75, 3.05) is 11.1 Å². The normalized spacial score (nSPS) is 17.4. The van der Waals surface area contributed by atoms with Crippen molar-refractivity contribution in [3.05, 3.63) is 22.2 Å². The summed E-state index contributed by atoms with van der Waals surface area (Å²) in [6.07, 6.45) is 3.65. The van der Waals surface area contributed by atoms with E-state index in [2.05, 4.69) is 10.3 Å². The molecule has 2 rings (SSSR count). The lowest BCUT2D eigenvalue weighted by molar-refractivity contribution is -0.384. The number of carboxylic acids is 1. The van der Waals surface area contributed by atoms with Gasteiger partial charge in [0, 0.05) is 6.07 Å². The number of aromatic nitrogens is 1. The molecule has 1 aromatic rings. The molecule has 8 nitrogen and oxygen atoms in total. The first kappa shape index (κ1) is 14.0. The summed E-state index contributed by atoms with van der Waals surface area (Å²) in [5.74, 6) is -0.912. The summed E-state index contributed by atoms with van der Waals surface area (Å²) in [6.45, 7) is 0. The Balaban J connectivity index is 2.25. The molecule has 1 heterocycles. The number of carbonyl (C=O) groups is 1. The molecule has 20 heavy (non-hydrogen) atoms. The maximum Gasteiger partial charge on any atom is 0.329 e. The van der Waals surface area contributed by atoms with Gasteiger partial charge < -0.3 is 16.2 Å². The Morgan fingerprint density at radius 2 is 2.05 bits per heavy atom. The molecule has 0 saturated heterocycles. The van der Waals surface area contributed by atoms with E-state index in [9.17, 15) is 20.0 Å². The first-order valence-corrected chi connectivity index (χ1v) is 6.37. The minimum absolute atomic E-state index is 0.226. The molecule has 1 aliphatic rings. The summed E-state index contributed by atoms with van der Waals surface area (Å²) in [5, 5.41) is 23.0. The highest BCUT2D eigenvalue weighted by molar-refractivity contribution is 5.82. The Bertz CT molecular complexity index is 540. The highest BCUT2D eigenvalue weighted by Crippen LogP contribution is 2.32. The second-order valence-corrected chi connectivity index (χ2v) is 4.93. The SMILES string of the molecule is Nc1nc(NC2(C(=O)O)CCCCC2)ccc1[N+](=O)[O-]. The molecule has 0 atom stereocenters. The first-order valence-electron chi connectivity index (χ1n) is 6.37. The van der Waals surface area contributed by atoms with Crippen LogP contribution in [-0.2, 0) is 4.79 Å². The summed E-state index contributed by atoms with van der Waals surface area (Å²) in [7, 11) is 0. The molecule has 0 spiro atoms. The number of carboxylic acid groups (broad SMARTS) is 1. The molecule has 108 valence electrons. The van der Waals surface area contributed by atoms with Gasteiger partial charge in [0.1, 0.15) is 11.4 Å². The molecule has 8 heteroatoms. The van der Waals surface area contributed by atoms with Gasteiger partial charge in [-0.25, -0.2) is 9.78 Å². The average molecular weight is 280 g/mol. The fourth-order valence-electron chi connectivity index (χ4n) is 2.48. The molecule has 1 aliphatic carbocycles. The van der Waals surface area contributed by atoms with Crippen LogP contribution in [-0.4, -0.2) is 26.5 Å². The quantitative estimate of drug-likeness (QED) is 0.565. The van der Waals surface area contributed by atoms with Gasteiger partial charge in [0.2, 0.25) is 5.82 Å². The van der Waals surface area contributed by atoms with E-state index in [1.165, 1.54) is 12.1 Å². The van der Waals surface area contributed by atoms with Gasteiger partial charge in [0.05, 0.1) is 4.92 Å². The van der Waals surface area contributed by atoms with Gasteiger partial charge in [-0.05, 0) is 18.9 Å². The van der Waals surface area contributed by atoms with Crippen LogP contribution in [0.4, 0.5) is 17.3 Å². The highest BCUT2D eigenvalue weighted by Gasteiger charge is 2.40. The van der Waals surface area contributed by atoms with Crippen molar-refractivity contribution < 1.29 is 14.8 Å². The average Bonchev–Trinajstić information content (AvgIpc) is 2.39. The van der Waals surface area contributed by atoms with Gasteiger partial charge in [0.25, 0.3) is 0 Å². The van der Waals surface area contributed by atoms with Crippen molar-refractivity contribution in [2.45, 2.75) is 37.6 Å². The van der Waals surface area contributed by atoms with E-state index in [1.807, 2.05) is 0 Å². The third kappa shape index (κ3) is 2.63. The maximum atomic E-state index is 11.5. The molecule has 1 saturated carbocycles. The summed E-state index contributed by atoms with van der Waals surface area (Å²) in [6, 6.07) is 2.61. The number of hydrogen-bond acceptors (Lipinski definition) is 6. The number of pyridine rings is 1. The third-order valence-corrected chi connectivity index (χ3v) is 3.58. The minimum atomic E-state index is -1.06. The fraction of sp³-hybridized carbons (Fsp3) is 0.500. The molecular formula is C12H16N4O4. The van der Waals surface area contributed by atoms with E-state index in [-0.39, 0.29) is 17.3 Å². The van der Waals surface area contributed by atoms with E-state index in [1.54, 1.807) is 0 Å². The predicted molar refractivity (Wildman–Crippen MR) is 72.4 cm³/mol. The molecule has 0 radical (unpaired) electrons. The number of nitrogens with zero attached hydrogens (tertiary/aromatic N) is 2. The van der Waals surface area contributed by atoms with Crippen molar-refractivity contribution in [1.29, 1.82) is 0 Å². The van der Waals surface area contributed by atoms with Crippen molar-refractivity contribution >= 4 is 23.3 Å². The van der Waals surface area contributed by atoms with E-state index in [0.717, 1.165) is 19.3 Å². The standard InChI is InChI=1S/C12H16N4O4/c13-10-8(16(19)20)4-5-9(14-10)15-12(11(17)18)6-2-1-3-7-12/h4-5H,1-3,6-7H2,(H,17,18)(H3,13,14,15). The van der Waals surface area contributed by atoms with Gasteiger partial charge in [-0.1, -0.05) is 19.3 Å². The van der Waals surface area contributed by atoms with E-state index >= 15 is 0 Å². The summed E-state index contributed by atoms with van der Waals surface area (Å²) < 4.78 is 0. The molecule has 1 aromatic heterocycles. The number of nitrogens with two attached hydrogens (primary N) is 1. The van der Waals surface area contributed by atoms with Crippen LogP contribution in [0.2, 0.25) is 0 Å². The molecule has 0 bridgehead atoms. The highest BCUT2D eigenvalue weighted by atomic mass is 16.6. The van der Waals surface area contributed by atoms with Gasteiger partial charge in [-0.15, -0.1) is 0 Å². The van der Waals surface area contributed by atoms with E-state index in [0.29, 0.717) is 12.8 Å². The minimum Gasteiger partial charge on any atom is -0.480 e. The summed E-state index contributed by atoms with van der Waals surface area (Å²) in [5.41, 5.74) is 4.16. The van der Waals surface area contributed by atoms with Crippen LogP contribution < -0.4 is 11.1 Å². The number of nitrogen functional groups attached to an aromatic ring is 1.